The van der Waals surface area contributed by atoms with E-state index in [9.17, 15) is 10.1 Å². The van der Waals surface area contributed by atoms with Crippen molar-refractivity contribution in [2.24, 2.45) is 0 Å². The van der Waals surface area contributed by atoms with Crippen molar-refractivity contribution in [3.05, 3.63) is 33.9 Å². The maximum atomic E-state index is 11.0. The van der Waals surface area contributed by atoms with Crippen molar-refractivity contribution in [2.45, 2.75) is 46.7 Å². The molecule has 0 saturated carbocycles. The molecule has 1 N–H and O–H groups in total. The molecule has 5 heteroatoms. The number of rotatable bonds is 8. The predicted molar refractivity (Wildman–Crippen MR) is 83.1 cm³/mol. The average molecular weight is 279 g/mol. The van der Waals surface area contributed by atoms with E-state index in [1.807, 2.05) is 19.1 Å². The zero-order chi connectivity index (χ0) is 15.1. The molecule has 0 atom stereocenters. The highest BCUT2D eigenvalue weighted by atomic mass is 16.6. The molecule has 20 heavy (non-hydrogen) atoms. The molecule has 0 bridgehead atoms. The number of hydrogen-bond acceptors (Lipinski definition) is 4. The van der Waals surface area contributed by atoms with Crippen LogP contribution in [0, 0.1) is 10.1 Å². The summed E-state index contributed by atoms with van der Waals surface area (Å²) in [6.45, 7) is 11.0. The van der Waals surface area contributed by atoms with Gasteiger partial charge in [0.1, 0.15) is 5.69 Å². The summed E-state index contributed by atoms with van der Waals surface area (Å²) in [5.41, 5.74) is 1.87. The van der Waals surface area contributed by atoms with Crippen LogP contribution in [-0.2, 0) is 6.54 Å². The maximum absolute atomic E-state index is 11.0. The lowest BCUT2D eigenvalue weighted by Crippen LogP contribution is -2.29. The summed E-state index contributed by atoms with van der Waals surface area (Å²) in [5, 5.41) is 14.2. The Morgan fingerprint density at radius 3 is 2.55 bits per heavy atom. The zero-order valence-corrected chi connectivity index (χ0v) is 12.8. The van der Waals surface area contributed by atoms with Crippen molar-refractivity contribution in [1.29, 1.82) is 0 Å². The van der Waals surface area contributed by atoms with Crippen molar-refractivity contribution < 1.29 is 4.92 Å². The third-order valence-corrected chi connectivity index (χ3v) is 3.35. The Morgan fingerprint density at radius 2 is 2.05 bits per heavy atom. The molecule has 0 radical (unpaired) electrons. The number of nitrogens with one attached hydrogen (secondary N) is 1. The second-order valence-electron chi connectivity index (χ2n) is 5.19. The molecule has 1 rings (SSSR count). The van der Waals surface area contributed by atoms with Gasteiger partial charge in [-0.15, -0.1) is 0 Å². The highest BCUT2D eigenvalue weighted by Crippen LogP contribution is 2.26. The smallest absolute Gasteiger partial charge is 0.292 e. The lowest BCUT2D eigenvalue weighted by Gasteiger charge is -2.25. The molecule has 112 valence electrons. The van der Waals surface area contributed by atoms with Gasteiger partial charge in [0.2, 0.25) is 0 Å². The number of hydrogen-bond donors (Lipinski definition) is 1. The molecule has 0 heterocycles. The first kappa shape index (κ1) is 16.4. The first-order chi connectivity index (χ1) is 9.49. The van der Waals surface area contributed by atoms with Gasteiger partial charge in [-0.1, -0.05) is 19.9 Å². The monoisotopic (exact) mass is 279 g/mol. The Morgan fingerprint density at radius 1 is 1.35 bits per heavy atom. The van der Waals surface area contributed by atoms with Crippen LogP contribution in [0.5, 0.6) is 0 Å². The van der Waals surface area contributed by atoms with Gasteiger partial charge < -0.3 is 5.32 Å². The van der Waals surface area contributed by atoms with Crippen LogP contribution in [0.15, 0.2) is 18.2 Å². The minimum Gasteiger partial charge on any atom is -0.379 e. The Kier molecular flexibility index (Phi) is 6.45. The topological polar surface area (TPSA) is 58.4 Å². The van der Waals surface area contributed by atoms with Crippen LogP contribution in [0.3, 0.4) is 0 Å². The minimum atomic E-state index is -0.332. The van der Waals surface area contributed by atoms with Crippen molar-refractivity contribution in [2.75, 3.05) is 18.4 Å². The Bertz CT molecular complexity index is 447. The van der Waals surface area contributed by atoms with E-state index in [1.165, 1.54) is 0 Å². The first-order valence-corrected chi connectivity index (χ1v) is 7.24. The molecule has 0 aromatic heterocycles. The van der Waals surface area contributed by atoms with Crippen LogP contribution in [-0.4, -0.2) is 29.0 Å². The summed E-state index contributed by atoms with van der Waals surface area (Å²) >= 11 is 0. The molecular formula is C15H25N3O2. The largest absolute Gasteiger partial charge is 0.379 e. The standard InChI is InChI=1S/C15H25N3O2/c1-5-9-16-14-10-13(7-8-15(14)18(19)20)11-17(6-2)12(3)4/h7-8,10,12,16H,5-6,9,11H2,1-4H3. The Hall–Kier alpha value is -1.62. The van der Waals surface area contributed by atoms with E-state index in [0.29, 0.717) is 11.7 Å². The molecule has 1 aromatic carbocycles. The van der Waals surface area contributed by atoms with Gasteiger partial charge in [0, 0.05) is 25.2 Å². The first-order valence-electron chi connectivity index (χ1n) is 7.24. The highest BCUT2D eigenvalue weighted by molar-refractivity contribution is 5.62. The Labute approximate surface area is 121 Å². The SMILES string of the molecule is CCCNc1cc(CN(CC)C(C)C)ccc1[N+](=O)[O-]. The van der Waals surface area contributed by atoms with Crippen molar-refractivity contribution >= 4 is 11.4 Å². The molecule has 0 aliphatic carbocycles. The second kappa shape index (κ2) is 7.85. The van der Waals surface area contributed by atoms with Crippen LogP contribution >= 0.6 is 0 Å². The highest BCUT2D eigenvalue weighted by Gasteiger charge is 2.15. The van der Waals surface area contributed by atoms with E-state index in [4.69, 9.17) is 0 Å². The van der Waals surface area contributed by atoms with Crippen molar-refractivity contribution in [3.8, 4) is 0 Å². The van der Waals surface area contributed by atoms with Gasteiger partial charge in [0.05, 0.1) is 4.92 Å². The van der Waals surface area contributed by atoms with Gasteiger partial charge in [-0.25, -0.2) is 0 Å². The number of nitro groups is 1. The number of benzene rings is 1. The average Bonchev–Trinajstić information content (AvgIpc) is 2.41. The summed E-state index contributed by atoms with van der Waals surface area (Å²) < 4.78 is 0. The third-order valence-electron chi connectivity index (χ3n) is 3.35. The van der Waals surface area contributed by atoms with Gasteiger partial charge in [0.25, 0.3) is 5.69 Å². The molecule has 0 aliphatic heterocycles. The minimum absolute atomic E-state index is 0.148. The summed E-state index contributed by atoms with van der Waals surface area (Å²) in [7, 11) is 0. The summed E-state index contributed by atoms with van der Waals surface area (Å²) in [5.74, 6) is 0. The van der Waals surface area contributed by atoms with Crippen LogP contribution in [0.4, 0.5) is 11.4 Å². The lowest BCUT2D eigenvalue weighted by molar-refractivity contribution is -0.384. The van der Waals surface area contributed by atoms with Crippen molar-refractivity contribution in [3.63, 3.8) is 0 Å². The maximum Gasteiger partial charge on any atom is 0.292 e. The van der Waals surface area contributed by atoms with Gasteiger partial charge >= 0.3 is 0 Å². The molecule has 0 spiro atoms. The van der Waals surface area contributed by atoms with Gasteiger partial charge in [-0.3, -0.25) is 15.0 Å². The fraction of sp³-hybridized carbons (Fsp3) is 0.600. The predicted octanol–water partition coefficient (Wildman–Crippen LogP) is 3.65. The molecule has 0 fully saturated rings. The van der Waals surface area contributed by atoms with Crippen LogP contribution in [0.1, 0.15) is 39.7 Å². The molecule has 0 saturated heterocycles. The normalized spacial score (nSPS) is 11.1. The molecular weight excluding hydrogens is 254 g/mol. The van der Waals surface area contributed by atoms with Crippen LogP contribution < -0.4 is 5.32 Å². The quantitative estimate of drug-likeness (QED) is 0.583. The van der Waals surface area contributed by atoms with Gasteiger partial charge in [-0.2, -0.15) is 0 Å². The fourth-order valence-electron chi connectivity index (χ4n) is 2.14. The molecule has 1 aromatic rings. The van der Waals surface area contributed by atoms with Gasteiger partial charge in [0.15, 0.2) is 0 Å². The van der Waals surface area contributed by atoms with E-state index < -0.39 is 0 Å². The summed E-state index contributed by atoms with van der Waals surface area (Å²) in [6, 6.07) is 5.81. The molecule has 0 aliphatic rings. The fourth-order valence-corrected chi connectivity index (χ4v) is 2.14. The van der Waals surface area contributed by atoms with E-state index in [2.05, 4.69) is 31.0 Å². The lowest BCUT2D eigenvalue weighted by atomic mass is 10.1. The van der Waals surface area contributed by atoms with E-state index in [-0.39, 0.29) is 10.6 Å². The number of nitro benzene ring substituents is 1. The van der Waals surface area contributed by atoms with E-state index in [0.717, 1.165) is 31.6 Å². The summed E-state index contributed by atoms with van der Waals surface area (Å²) in [6.07, 6.45) is 0.939. The third kappa shape index (κ3) is 4.49. The van der Waals surface area contributed by atoms with Crippen LogP contribution in [0.2, 0.25) is 0 Å². The van der Waals surface area contributed by atoms with Gasteiger partial charge in [-0.05, 0) is 38.4 Å². The number of anilines is 1. The molecule has 0 unspecified atom stereocenters. The Balaban J connectivity index is 2.96. The second-order valence-corrected chi connectivity index (χ2v) is 5.19. The zero-order valence-electron chi connectivity index (χ0n) is 12.8. The van der Waals surface area contributed by atoms with E-state index in [1.54, 1.807) is 6.07 Å². The summed E-state index contributed by atoms with van der Waals surface area (Å²) in [4.78, 5) is 13.0. The molecule has 0 amide bonds. The molecule has 5 nitrogen and oxygen atoms in total. The van der Waals surface area contributed by atoms with Crippen LogP contribution in [0.25, 0.3) is 0 Å². The van der Waals surface area contributed by atoms with Crippen molar-refractivity contribution in [1.82, 2.24) is 4.90 Å². The van der Waals surface area contributed by atoms with E-state index >= 15 is 0 Å². The number of nitrogens with zero attached hydrogens (tertiary/aromatic N) is 2.